The molecule has 0 saturated heterocycles. The highest BCUT2D eigenvalue weighted by Crippen LogP contribution is 2.39. The second kappa shape index (κ2) is 7.75. The van der Waals surface area contributed by atoms with E-state index in [1.165, 1.54) is 0 Å². The van der Waals surface area contributed by atoms with Crippen LogP contribution in [0.1, 0.15) is 22.3 Å². The monoisotopic (exact) mass is 342 g/mol. The normalized spacial score (nSPS) is 10.2. The molecule has 0 aromatic heterocycles. The molecule has 0 atom stereocenters. The van der Waals surface area contributed by atoms with Crippen LogP contribution in [-0.4, -0.2) is 14.2 Å². The largest absolute Gasteiger partial charge is 0.496 e. The van der Waals surface area contributed by atoms with Gasteiger partial charge in [0.2, 0.25) is 0 Å². The van der Waals surface area contributed by atoms with Gasteiger partial charge in [-0.1, -0.05) is 73.8 Å². The summed E-state index contributed by atoms with van der Waals surface area (Å²) < 4.78 is 11.2. The van der Waals surface area contributed by atoms with E-state index in [-0.39, 0.29) is 0 Å². The molecular weight excluding hydrogens is 320 g/mol. The van der Waals surface area contributed by atoms with Crippen LogP contribution in [-0.2, 0) is 0 Å². The van der Waals surface area contributed by atoms with Crippen LogP contribution in [0.25, 0.3) is 11.1 Å². The van der Waals surface area contributed by atoms with Gasteiger partial charge in [0.15, 0.2) is 0 Å². The van der Waals surface area contributed by atoms with Crippen molar-refractivity contribution in [3.63, 3.8) is 0 Å². The summed E-state index contributed by atoms with van der Waals surface area (Å²) in [4.78, 5) is 0. The van der Waals surface area contributed by atoms with Gasteiger partial charge in [-0.2, -0.15) is 0 Å². The summed E-state index contributed by atoms with van der Waals surface area (Å²) in [5.41, 5.74) is 5.73. The van der Waals surface area contributed by atoms with Crippen molar-refractivity contribution in [2.75, 3.05) is 14.2 Å². The van der Waals surface area contributed by atoms with Crippen LogP contribution < -0.4 is 9.47 Å². The summed E-state index contributed by atoms with van der Waals surface area (Å²) in [6.07, 6.45) is 0. The smallest absolute Gasteiger partial charge is 0.130 e. The first-order chi connectivity index (χ1) is 12.7. The molecule has 0 heterocycles. The second-order valence-corrected chi connectivity index (χ2v) is 5.94. The molecule has 0 amide bonds. The minimum atomic E-state index is 0.723. The standard InChI is InChI=1S/C24H22O2/c1-17(19-11-7-5-8-12-19)21-15-22(24(26-4)16-23(21)25-3)18(2)20-13-9-6-10-14-20/h5-16H,1-2H2,3-4H3. The second-order valence-electron chi connectivity index (χ2n) is 5.94. The number of hydrogen-bond acceptors (Lipinski definition) is 2. The average Bonchev–Trinajstić information content (AvgIpc) is 2.73. The number of methoxy groups -OCH3 is 2. The lowest BCUT2D eigenvalue weighted by Gasteiger charge is -2.18. The van der Waals surface area contributed by atoms with Crippen LogP contribution >= 0.6 is 0 Å². The van der Waals surface area contributed by atoms with E-state index in [1.807, 2.05) is 72.8 Å². The van der Waals surface area contributed by atoms with Gasteiger partial charge in [-0.25, -0.2) is 0 Å². The molecule has 0 N–H and O–H groups in total. The predicted molar refractivity (Wildman–Crippen MR) is 109 cm³/mol. The highest BCUT2D eigenvalue weighted by atomic mass is 16.5. The molecule has 0 fully saturated rings. The van der Waals surface area contributed by atoms with Gasteiger partial charge in [0.1, 0.15) is 11.5 Å². The molecule has 3 rings (SSSR count). The fourth-order valence-electron chi connectivity index (χ4n) is 2.96. The van der Waals surface area contributed by atoms with Gasteiger partial charge in [0.05, 0.1) is 14.2 Å². The molecule has 2 heteroatoms. The van der Waals surface area contributed by atoms with Crippen molar-refractivity contribution in [3.05, 3.63) is 108 Å². The Morgan fingerprint density at radius 2 is 1.00 bits per heavy atom. The van der Waals surface area contributed by atoms with Gasteiger partial charge < -0.3 is 9.47 Å². The first-order valence-corrected chi connectivity index (χ1v) is 8.41. The van der Waals surface area contributed by atoms with Crippen LogP contribution in [0.4, 0.5) is 0 Å². The van der Waals surface area contributed by atoms with Crippen LogP contribution in [0.3, 0.4) is 0 Å². The maximum Gasteiger partial charge on any atom is 0.130 e. The Labute approximate surface area is 155 Å². The van der Waals surface area contributed by atoms with E-state index in [9.17, 15) is 0 Å². The molecule has 0 radical (unpaired) electrons. The predicted octanol–water partition coefficient (Wildman–Crippen LogP) is 5.83. The summed E-state index contributed by atoms with van der Waals surface area (Å²) in [5.74, 6) is 1.45. The van der Waals surface area contributed by atoms with E-state index in [2.05, 4.69) is 13.2 Å². The third kappa shape index (κ3) is 3.40. The average molecular weight is 342 g/mol. The van der Waals surface area contributed by atoms with Crippen LogP contribution in [0, 0.1) is 0 Å². The van der Waals surface area contributed by atoms with Crippen molar-refractivity contribution < 1.29 is 9.47 Å². The zero-order valence-corrected chi connectivity index (χ0v) is 15.2. The quantitative estimate of drug-likeness (QED) is 0.561. The van der Waals surface area contributed by atoms with Crippen LogP contribution in [0.2, 0.25) is 0 Å². The lowest BCUT2D eigenvalue weighted by Crippen LogP contribution is -1.99. The summed E-state index contributed by atoms with van der Waals surface area (Å²) >= 11 is 0. The molecule has 0 unspecified atom stereocenters. The van der Waals surface area contributed by atoms with Crippen molar-refractivity contribution in [2.45, 2.75) is 0 Å². The molecule has 0 aliphatic carbocycles. The Kier molecular flexibility index (Phi) is 5.23. The van der Waals surface area contributed by atoms with Crippen molar-refractivity contribution in [1.82, 2.24) is 0 Å². The molecule has 0 bridgehead atoms. The Hall–Kier alpha value is -3.26. The molecule has 130 valence electrons. The summed E-state index contributed by atoms with van der Waals surface area (Å²) in [7, 11) is 3.31. The fraction of sp³-hybridized carbons (Fsp3) is 0.0833. The van der Waals surface area contributed by atoms with Gasteiger partial charge in [-0.15, -0.1) is 0 Å². The molecule has 0 aliphatic heterocycles. The lowest BCUT2D eigenvalue weighted by molar-refractivity contribution is 0.393. The van der Waals surface area contributed by atoms with E-state index in [0.29, 0.717) is 0 Å². The minimum absolute atomic E-state index is 0.723. The third-order valence-corrected chi connectivity index (χ3v) is 4.42. The van der Waals surface area contributed by atoms with Gasteiger partial charge in [0, 0.05) is 17.2 Å². The molecule has 0 aliphatic rings. The Morgan fingerprint density at radius 1 is 0.615 bits per heavy atom. The van der Waals surface area contributed by atoms with Gasteiger partial charge >= 0.3 is 0 Å². The third-order valence-electron chi connectivity index (χ3n) is 4.42. The SMILES string of the molecule is C=C(c1ccccc1)c1cc(C(=C)c2ccccc2)c(OC)cc1OC. The summed E-state index contributed by atoms with van der Waals surface area (Å²) in [6.45, 7) is 8.56. The highest BCUT2D eigenvalue weighted by molar-refractivity contribution is 5.88. The van der Waals surface area contributed by atoms with E-state index >= 15 is 0 Å². The maximum atomic E-state index is 5.60. The van der Waals surface area contributed by atoms with Gasteiger partial charge in [-0.05, 0) is 28.3 Å². The Balaban J connectivity index is 2.13. The molecule has 3 aromatic rings. The van der Waals surface area contributed by atoms with Crippen LogP contribution in [0.15, 0.2) is 86.0 Å². The molecule has 3 aromatic carbocycles. The zero-order chi connectivity index (χ0) is 18.5. The molecule has 26 heavy (non-hydrogen) atoms. The zero-order valence-electron chi connectivity index (χ0n) is 15.2. The van der Waals surface area contributed by atoms with Crippen molar-refractivity contribution in [3.8, 4) is 11.5 Å². The van der Waals surface area contributed by atoms with Crippen molar-refractivity contribution in [2.24, 2.45) is 0 Å². The van der Waals surface area contributed by atoms with E-state index in [1.54, 1.807) is 14.2 Å². The topological polar surface area (TPSA) is 18.5 Å². The highest BCUT2D eigenvalue weighted by Gasteiger charge is 2.17. The van der Waals surface area contributed by atoms with Crippen LogP contribution in [0.5, 0.6) is 11.5 Å². The number of ether oxygens (including phenoxy) is 2. The molecule has 2 nitrogen and oxygen atoms in total. The van der Waals surface area contributed by atoms with Gasteiger partial charge in [0.25, 0.3) is 0 Å². The van der Waals surface area contributed by atoms with E-state index in [4.69, 9.17) is 9.47 Å². The first kappa shape index (κ1) is 17.6. The van der Waals surface area contributed by atoms with Crippen molar-refractivity contribution in [1.29, 1.82) is 0 Å². The number of benzene rings is 3. The number of rotatable bonds is 6. The first-order valence-electron chi connectivity index (χ1n) is 8.41. The summed E-state index contributed by atoms with van der Waals surface area (Å²) in [5, 5.41) is 0. The fourth-order valence-corrected chi connectivity index (χ4v) is 2.96. The Bertz CT molecular complexity index is 850. The molecular formula is C24H22O2. The molecule has 0 spiro atoms. The van der Waals surface area contributed by atoms with E-state index < -0.39 is 0 Å². The Morgan fingerprint density at radius 3 is 1.35 bits per heavy atom. The maximum absolute atomic E-state index is 5.60. The van der Waals surface area contributed by atoms with Gasteiger partial charge in [-0.3, -0.25) is 0 Å². The molecule has 0 saturated carbocycles. The number of hydrogen-bond donors (Lipinski definition) is 0. The van der Waals surface area contributed by atoms with Crippen molar-refractivity contribution >= 4 is 11.1 Å². The lowest BCUT2D eigenvalue weighted by atomic mass is 9.92. The summed E-state index contributed by atoms with van der Waals surface area (Å²) in [6, 6.07) is 24.1. The van der Waals surface area contributed by atoms with E-state index in [0.717, 1.165) is 44.9 Å². The minimum Gasteiger partial charge on any atom is -0.496 e.